The molecule has 0 amide bonds. The van der Waals surface area contributed by atoms with Gasteiger partial charge in [0.25, 0.3) is 6.43 Å². The molecule has 1 heterocycles. The summed E-state index contributed by atoms with van der Waals surface area (Å²) >= 11 is 5.04. The average Bonchev–Trinajstić information content (AvgIpc) is 3.09. The minimum absolute atomic E-state index is 0.197. The number of alkyl halides is 2. The number of hydrogen-bond acceptors (Lipinski definition) is 4. The van der Waals surface area contributed by atoms with Crippen LogP contribution in [0.25, 0.3) is 11.3 Å². The largest absolute Gasteiger partial charge is 0.399 e. The highest BCUT2D eigenvalue weighted by Crippen LogP contribution is 2.26. The van der Waals surface area contributed by atoms with Crippen LogP contribution in [0.5, 0.6) is 0 Å². The number of aryl methyl sites for hydroxylation is 1. The van der Waals surface area contributed by atoms with Crippen LogP contribution in [0.4, 0.5) is 14.5 Å². The molecule has 0 aliphatic rings. The van der Waals surface area contributed by atoms with E-state index in [-0.39, 0.29) is 5.69 Å². The van der Waals surface area contributed by atoms with Crippen LogP contribution in [0, 0.1) is 0 Å². The predicted molar refractivity (Wildman–Crippen MR) is 103 cm³/mol. The molecule has 0 unspecified atom stereocenters. The summed E-state index contributed by atoms with van der Waals surface area (Å²) in [6, 6.07) is 17.9. The Balaban J connectivity index is 0.000000301. The number of para-hydroxylation sites is 1. The van der Waals surface area contributed by atoms with Crippen LogP contribution >= 0.6 is 11.6 Å². The van der Waals surface area contributed by atoms with Crippen molar-refractivity contribution in [3.63, 3.8) is 0 Å². The van der Waals surface area contributed by atoms with Gasteiger partial charge in [-0.1, -0.05) is 41.9 Å². The van der Waals surface area contributed by atoms with Gasteiger partial charge in [-0.2, -0.15) is 13.5 Å². The van der Waals surface area contributed by atoms with E-state index in [1.807, 2.05) is 37.3 Å². The lowest BCUT2D eigenvalue weighted by Gasteiger charge is -2.04. The fraction of sp³-hybridized carbons (Fsp3) is 0.167. The Morgan fingerprint density at radius 3 is 2.07 bits per heavy atom. The molecular formula is C18H18ClF2N3O2S. The van der Waals surface area contributed by atoms with Crippen molar-refractivity contribution in [3.8, 4) is 11.3 Å². The molecule has 27 heavy (non-hydrogen) atoms. The van der Waals surface area contributed by atoms with Crippen LogP contribution in [0.1, 0.15) is 19.0 Å². The molecule has 1 aromatic heterocycles. The van der Waals surface area contributed by atoms with Crippen LogP contribution in [-0.2, 0) is 18.1 Å². The molecule has 0 aliphatic carbocycles. The highest BCUT2D eigenvalue weighted by molar-refractivity contribution is 7.51. The van der Waals surface area contributed by atoms with Gasteiger partial charge in [0.05, 0.1) is 5.69 Å². The van der Waals surface area contributed by atoms with E-state index < -0.39 is 18.0 Å². The molecule has 144 valence electrons. The quantitative estimate of drug-likeness (QED) is 0.628. The summed E-state index contributed by atoms with van der Waals surface area (Å²) in [7, 11) is 0. The molecule has 0 atom stereocenters. The van der Waals surface area contributed by atoms with E-state index >= 15 is 0 Å². The number of halogens is 3. The highest BCUT2D eigenvalue weighted by Gasteiger charge is 2.15. The highest BCUT2D eigenvalue weighted by atomic mass is 35.5. The molecule has 3 rings (SSSR count). The van der Waals surface area contributed by atoms with E-state index in [0.717, 1.165) is 11.3 Å². The van der Waals surface area contributed by atoms with Crippen LogP contribution < -0.4 is 5.73 Å². The Bertz CT molecular complexity index is 853. The zero-order chi connectivity index (χ0) is 20.2. The minimum atomic E-state index is -2.55. The molecule has 0 bridgehead atoms. The summed E-state index contributed by atoms with van der Waals surface area (Å²) in [5, 5.41) is 4.48. The number of rotatable bonds is 3. The van der Waals surface area contributed by atoms with E-state index in [1.54, 1.807) is 28.9 Å². The zero-order valence-corrected chi connectivity index (χ0v) is 16.0. The summed E-state index contributed by atoms with van der Waals surface area (Å²) in [6.07, 6.45) is -2.55. The summed E-state index contributed by atoms with van der Waals surface area (Å²) in [5.74, 6) is 0. The number of benzene rings is 2. The molecule has 3 aromatic rings. The molecule has 0 saturated heterocycles. The van der Waals surface area contributed by atoms with E-state index in [1.165, 1.54) is 6.07 Å². The molecule has 2 N–H and O–H groups in total. The van der Waals surface area contributed by atoms with Crippen molar-refractivity contribution < 1.29 is 17.2 Å². The van der Waals surface area contributed by atoms with Gasteiger partial charge in [0.15, 0.2) is 0 Å². The van der Waals surface area contributed by atoms with Crippen molar-refractivity contribution >= 4 is 28.9 Å². The van der Waals surface area contributed by atoms with Crippen molar-refractivity contribution in [1.82, 2.24) is 9.78 Å². The van der Waals surface area contributed by atoms with Crippen LogP contribution in [0.15, 0.2) is 60.7 Å². The van der Waals surface area contributed by atoms with Crippen LogP contribution in [0.3, 0.4) is 0 Å². The molecule has 0 spiro atoms. The lowest BCUT2D eigenvalue weighted by Crippen LogP contribution is -1.99. The number of anilines is 1. The van der Waals surface area contributed by atoms with Crippen molar-refractivity contribution in [3.05, 3.63) is 71.4 Å². The first-order chi connectivity index (χ1) is 12.9. The SMILES string of the molecule is CCn1nc(C(F)F)cc1-c1ccc(Cl)cc1.Nc1ccccc1.O=S=O. The summed E-state index contributed by atoms with van der Waals surface area (Å²) in [4.78, 5) is 0. The van der Waals surface area contributed by atoms with Gasteiger partial charge in [-0.05, 0) is 42.8 Å². The lowest BCUT2D eigenvalue weighted by molar-refractivity contribution is 0.145. The molecular weight excluding hydrogens is 396 g/mol. The molecule has 0 saturated carbocycles. The van der Waals surface area contributed by atoms with E-state index in [2.05, 4.69) is 5.10 Å². The second-order valence-electron chi connectivity index (χ2n) is 5.06. The van der Waals surface area contributed by atoms with Gasteiger partial charge < -0.3 is 5.73 Å². The second-order valence-corrected chi connectivity index (χ2v) is 5.63. The fourth-order valence-electron chi connectivity index (χ4n) is 2.09. The van der Waals surface area contributed by atoms with Gasteiger partial charge in [0.2, 0.25) is 0 Å². The molecule has 0 fully saturated rings. The molecule has 5 nitrogen and oxygen atoms in total. The van der Waals surface area contributed by atoms with Crippen molar-refractivity contribution in [1.29, 1.82) is 0 Å². The summed E-state index contributed by atoms with van der Waals surface area (Å²) in [5.41, 5.74) is 7.49. The van der Waals surface area contributed by atoms with Gasteiger partial charge in [0, 0.05) is 17.3 Å². The Morgan fingerprint density at radius 1 is 1.11 bits per heavy atom. The fourth-order valence-corrected chi connectivity index (χ4v) is 2.22. The zero-order valence-electron chi connectivity index (χ0n) is 14.4. The number of nitrogens with two attached hydrogens (primary N) is 1. The normalized spacial score (nSPS) is 9.67. The van der Waals surface area contributed by atoms with Crippen molar-refractivity contribution in [2.24, 2.45) is 0 Å². The average molecular weight is 414 g/mol. The van der Waals surface area contributed by atoms with Gasteiger partial charge in [0.1, 0.15) is 5.69 Å². The van der Waals surface area contributed by atoms with Crippen LogP contribution in [0.2, 0.25) is 5.02 Å². The molecule has 0 radical (unpaired) electrons. The van der Waals surface area contributed by atoms with E-state index in [4.69, 9.17) is 25.8 Å². The first-order valence-corrected chi connectivity index (χ1v) is 8.81. The molecule has 2 aromatic carbocycles. The third kappa shape index (κ3) is 7.67. The first kappa shape index (κ1) is 22.5. The standard InChI is InChI=1S/C12H11ClF2N2.C6H7N.O2S/c1-2-17-11(7-10(16-17)12(14)15)8-3-5-9(13)6-4-8;7-6-4-2-1-3-5-6;1-3-2/h3-7,12H,2H2,1H3;1-5H,7H2;. The third-order valence-electron chi connectivity index (χ3n) is 3.26. The van der Waals surface area contributed by atoms with Gasteiger partial charge in [-0.25, -0.2) is 8.78 Å². The molecule has 9 heteroatoms. The van der Waals surface area contributed by atoms with Crippen molar-refractivity contribution in [2.75, 3.05) is 5.73 Å². The Morgan fingerprint density at radius 2 is 1.67 bits per heavy atom. The smallest absolute Gasteiger partial charge is 0.335 e. The Labute approximate surface area is 164 Å². The van der Waals surface area contributed by atoms with Crippen LogP contribution in [-0.4, -0.2) is 18.2 Å². The van der Waals surface area contributed by atoms with E-state index in [0.29, 0.717) is 17.3 Å². The van der Waals surface area contributed by atoms with Gasteiger partial charge in [-0.3, -0.25) is 4.68 Å². The molecule has 0 aliphatic heterocycles. The van der Waals surface area contributed by atoms with E-state index in [9.17, 15) is 8.78 Å². The summed E-state index contributed by atoms with van der Waals surface area (Å²) in [6.45, 7) is 2.41. The third-order valence-corrected chi connectivity index (χ3v) is 3.51. The predicted octanol–water partition coefficient (Wildman–Crippen LogP) is 4.76. The number of aromatic nitrogens is 2. The van der Waals surface area contributed by atoms with Gasteiger partial charge in [-0.15, -0.1) is 0 Å². The maximum atomic E-state index is 12.6. The monoisotopic (exact) mass is 413 g/mol. The van der Waals surface area contributed by atoms with Crippen molar-refractivity contribution in [2.45, 2.75) is 19.9 Å². The Kier molecular flexibility index (Phi) is 9.92. The first-order valence-electron chi connectivity index (χ1n) is 7.77. The second kappa shape index (κ2) is 11.9. The van der Waals surface area contributed by atoms with Gasteiger partial charge >= 0.3 is 11.6 Å². The number of nitrogens with zero attached hydrogens (tertiary/aromatic N) is 2. The number of nitrogen functional groups attached to an aromatic ring is 1. The lowest BCUT2D eigenvalue weighted by atomic mass is 10.1. The maximum absolute atomic E-state index is 12.6. The maximum Gasteiger partial charge on any atom is 0.335 e. The minimum Gasteiger partial charge on any atom is -0.399 e. The number of hydrogen-bond donors (Lipinski definition) is 1. The topological polar surface area (TPSA) is 78.0 Å². The Hall–Kier alpha value is -2.58. The summed E-state index contributed by atoms with van der Waals surface area (Å²) < 4.78 is 43.3.